The summed E-state index contributed by atoms with van der Waals surface area (Å²) in [5.74, 6) is -3.54. The molecule has 11 heteroatoms. The van der Waals surface area contributed by atoms with Gasteiger partial charge in [-0.2, -0.15) is 4.98 Å². The zero-order valence-corrected chi connectivity index (χ0v) is 21.4. The fourth-order valence-electron chi connectivity index (χ4n) is 4.81. The third kappa shape index (κ3) is 5.49. The Bertz CT molecular complexity index is 1100. The molecule has 1 aromatic carbocycles. The second-order valence-corrected chi connectivity index (χ2v) is 10.8. The van der Waals surface area contributed by atoms with Gasteiger partial charge in [-0.05, 0) is 51.1 Å². The molecule has 1 amide bonds. The SMILES string of the molecule is CN1CCN(c2ccc(Nc3ncc(Cl)c(N4CCC(C)(NC(=O)[C@@H]5CC5(F)F)CC4)n3)cc2)CC1. The van der Waals surface area contributed by atoms with E-state index >= 15 is 0 Å². The van der Waals surface area contributed by atoms with Crippen molar-refractivity contribution in [1.82, 2.24) is 20.2 Å². The number of nitrogens with zero attached hydrogens (tertiary/aromatic N) is 5. The number of rotatable bonds is 6. The van der Waals surface area contributed by atoms with Crippen LogP contribution in [0.2, 0.25) is 5.02 Å². The van der Waals surface area contributed by atoms with Gasteiger partial charge in [-0.1, -0.05) is 11.6 Å². The van der Waals surface area contributed by atoms with E-state index in [1.807, 2.05) is 24.0 Å². The van der Waals surface area contributed by atoms with E-state index in [0.29, 0.717) is 42.7 Å². The second-order valence-electron chi connectivity index (χ2n) is 10.4. The summed E-state index contributed by atoms with van der Waals surface area (Å²) in [7, 11) is 2.14. The molecule has 194 valence electrons. The van der Waals surface area contributed by atoms with Crippen molar-refractivity contribution in [2.45, 2.75) is 37.6 Å². The van der Waals surface area contributed by atoms with E-state index in [2.05, 4.69) is 49.6 Å². The molecule has 2 aliphatic heterocycles. The molecular weight excluding hydrogens is 488 g/mol. The third-order valence-electron chi connectivity index (χ3n) is 7.45. The summed E-state index contributed by atoms with van der Waals surface area (Å²) in [5, 5.41) is 6.54. The molecule has 0 bridgehead atoms. The number of piperazine rings is 1. The highest BCUT2D eigenvalue weighted by Crippen LogP contribution is 2.49. The van der Waals surface area contributed by atoms with Crippen LogP contribution < -0.4 is 20.4 Å². The summed E-state index contributed by atoms with van der Waals surface area (Å²) in [5.41, 5.74) is 1.55. The summed E-state index contributed by atoms with van der Waals surface area (Å²) >= 11 is 6.43. The minimum atomic E-state index is -2.86. The van der Waals surface area contributed by atoms with Crippen molar-refractivity contribution in [3.8, 4) is 0 Å². The Balaban J connectivity index is 1.19. The van der Waals surface area contributed by atoms with E-state index in [1.54, 1.807) is 6.20 Å². The normalized spacial score (nSPS) is 23.3. The summed E-state index contributed by atoms with van der Waals surface area (Å²) in [6.45, 7) is 7.22. The Labute approximate surface area is 215 Å². The Hall–Kier alpha value is -2.72. The summed E-state index contributed by atoms with van der Waals surface area (Å²) in [4.78, 5) is 27.9. The first-order chi connectivity index (χ1) is 17.1. The van der Waals surface area contributed by atoms with Crippen molar-refractivity contribution in [3.63, 3.8) is 0 Å². The van der Waals surface area contributed by atoms with Crippen molar-refractivity contribution in [2.24, 2.45) is 5.92 Å². The monoisotopic (exact) mass is 519 g/mol. The molecule has 0 unspecified atom stereocenters. The van der Waals surface area contributed by atoms with Gasteiger partial charge in [-0.25, -0.2) is 13.8 Å². The van der Waals surface area contributed by atoms with Gasteiger partial charge in [0.25, 0.3) is 5.92 Å². The van der Waals surface area contributed by atoms with E-state index in [-0.39, 0.29) is 6.42 Å². The molecule has 8 nitrogen and oxygen atoms in total. The second kappa shape index (κ2) is 9.63. The van der Waals surface area contributed by atoms with E-state index in [0.717, 1.165) is 31.9 Å². The number of likely N-dealkylation sites (N-methyl/N-ethyl adjacent to an activating group) is 1. The molecule has 1 saturated carbocycles. The average Bonchev–Trinajstić information content (AvgIpc) is 3.50. The number of anilines is 4. The van der Waals surface area contributed by atoms with Gasteiger partial charge in [-0.15, -0.1) is 0 Å². The lowest BCUT2D eigenvalue weighted by Crippen LogP contribution is -2.54. The Morgan fingerprint density at radius 1 is 1.06 bits per heavy atom. The molecule has 3 fully saturated rings. The van der Waals surface area contributed by atoms with Crippen molar-refractivity contribution in [1.29, 1.82) is 0 Å². The minimum absolute atomic E-state index is 0.355. The Kier molecular flexibility index (Phi) is 6.67. The van der Waals surface area contributed by atoms with Crippen LogP contribution in [0.1, 0.15) is 26.2 Å². The molecule has 36 heavy (non-hydrogen) atoms. The standard InChI is InChI=1S/C25H32ClF2N7O/c1-24(32-22(36)19-15-25(19,27)28)7-9-35(10-8-24)21-20(26)16-29-23(31-21)30-17-3-5-18(6-4-17)34-13-11-33(2)12-14-34/h3-6,16,19H,7-15H2,1-2H3,(H,32,36)(H,29,30,31)/t19-/m0/s1. The van der Waals surface area contributed by atoms with Crippen molar-refractivity contribution < 1.29 is 13.6 Å². The average molecular weight is 520 g/mol. The molecule has 3 aliphatic rings. The fraction of sp³-hybridized carbons (Fsp3) is 0.560. The first-order valence-corrected chi connectivity index (χ1v) is 12.8. The van der Waals surface area contributed by atoms with Gasteiger partial charge in [0.15, 0.2) is 5.82 Å². The van der Waals surface area contributed by atoms with Crippen LogP contribution in [-0.4, -0.2) is 78.6 Å². The first kappa shape index (κ1) is 25.0. The van der Waals surface area contributed by atoms with Crippen molar-refractivity contribution in [3.05, 3.63) is 35.5 Å². The molecule has 1 aliphatic carbocycles. The van der Waals surface area contributed by atoms with E-state index in [4.69, 9.17) is 11.6 Å². The highest BCUT2D eigenvalue weighted by molar-refractivity contribution is 6.32. The lowest BCUT2D eigenvalue weighted by molar-refractivity contribution is -0.126. The number of carbonyl (C=O) groups is 1. The van der Waals surface area contributed by atoms with Gasteiger partial charge in [0.1, 0.15) is 10.9 Å². The van der Waals surface area contributed by atoms with E-state index < -0.39 is 23.3 Å². The largest absolute Gasteiger partial charge is 0.369 e. The molecular formula is C25H32ClF2N7O. The van der Waals surface area contributed by atoms with Gasteiger partial charge >= 0.3 is 0 Å². The lowest BCUT2D eigenvalue weighted by atomic mass is 9.89. The predicted octanol–water partition coefficient (Wildman–Crippen LogP) is 3.76. The molecule has 0 radical (unpaired) electrons. The molecule has 1 atom stereocenters. The molecule has 3 heterocycles. The number of benzene rings is 1. The smallest absolute Gasteiger partial charge is 0.260 e. The van der Waals surface area contributed by atoms with Gasteiger partial charge in [0.05, 0.1) is 6.20 Å². The number of carbonyl (C=O) groups excluding carboxylic acids is 1. The number of aromatic nitrogens is 2. The van der Waals surface area contributed by atoms with Crippen LogP contribution in [0.3, 0.4) is 0 Å². The summed E-state index contributed by atoms with van der Waals surface area (Å²) in [6, 6.07) is 8.23. The van der Waals surface area contributed by atoms with E-state index in [9.17, 15) is 13.6 Å². The molecule has 0 spiro atoms. The van der Waals surface area contributed by atoms with E-state index in [1.165, 1.54) is 5.69 Å². The number of nitrogens with one attached hydrogen (secondary N) is 2. The number of hydrogen-bond acceptors (Lipinski definition) is 7. The van der Waals surface area contributed by atoms with Crippen molar-refractivity contribution in [2.75, 3.05) is 61.4 Å². The van der Waals surface area contributed by atoms with Gasteiger partial charge < -0.3 is 25.3 Å². The van der Waals surface area contributed by atoms with Crippen LogP contribution in [0.25, 0.3) is 0 Å². The molecule has 5 rings (SSSR count). The van der Waals surface area contributed by atoms with Crippen LogP contribution in [0.4, 0.5) is 31.9 Å². The molecule has 2 N–H and O–H groups in total. The maximum atomic E-state index is 13.3. The van der Waals surface area contributed by atoms with Crippen LogP contribution in [-0.2, 0) is 4.79 Å². The maximum Gasteiger partial charge on any atom is 0.260 e. The Morgan fingerprint density at radius 2 is 1.69 bits per heavy atom. The number of hydrogen-bond donors (Lipinski definition) is 2. The van der Waals surface area contributed by atoms with Gasteiger partial charge in [0.2, 0.25) is 11.9 Å². The highest BCUT2D eigenvalue weighted by atomic mass is 35.5. The molecule has 2 saturated heterocycles. The summed E-state index contributed by atoms with van der Waals surface area (Å²) < 4.78 is 26.5. The quantitative estimate of drug-likeness (QED) is 0.602. The number of alkyl halides is 2. The zero-order valence-electron chi connectivity index (χ0n) is 20.6. The van der Waals surface area contributed by atoms with Crippen LogP contribution in [0, 0.1) is 5.92 Å². The number of amides is 1. The Morgan fingerprint density at radius 3 is 2.31 bits per heavy atom. The zero-order chi connectivity index (χ0) is 25.5. The fourth-order valence-corrected chi connectivity index (χ4v) is 5.02. The highest BCUT2D eigenvalue weighted by Gasteiger charge is 2.61. The predicted molar refractivity (Wildman–Crippen MR) is 138 cm³/mol. The van der Waals surface area contributed by atoms with Gasteiger partial charge in [0, 0.05) is 62.6 Å². The van der Waals surface area contributed by atoms with Crippen LogP contribution in [0.5, 0.6) is 0 Å². The summed E-state index contributed by atoms with van der Waals surface area (Å²) in [6.07, 6.45) is 2.43. The molecule has 2 aromatic rings. The number of halogens is 3. The van der Waals surface area contributed by atoms with Gasteiger partial charge in [-0.3, -0.25) is 4.79 Å². The van der Waals surface area contributed by atoms with Crippen LogP contribution >= 0.6 is 11.6 Å². The first-order valence-electron chi connectivity index (χ1n) is 12.4. The third-order valence-corrected chi connectivity index (χ3v) is 7.72. The maximum absolute atomic E-state index is 13.3. The van der Waals surface area contributed by atoms with Crippen LogP contribution in [0.15, 0.2) is 30.5 Å². The minimum Gasteiger partial charge on any atom is -0.369 e. The topological polar surface area (TPSA) is 76.6 Å². The van der Waals surface area contributed by atoms with Crippen molar-refractivity contribution >= 4 is 40.6 Å². The number of piperidine rings is 1. The lowest BCUT2D eigenvalue weighted by Gasteiger charge is -2.40. The molecule has 1 aromatic heterocycles.